The van der Waals surface area contributed by atoms with Crippen molar-refractivity contribution in [2.45, 2.75) is 162 Å². The molecule has 0 amide bonds. The number of benzene rings is 2. The quantitative estimate of drug-likeness (QED) is 0.108. The molecular weight excluding hydrogens is 488 g/mol. The van der Waals surface area contributed by atoms with E-state index in [-0.39, 0.29) is 0 Å². The molecule has 0 heterocycles. The third-order valence-electron chi connectivity index (χ3n) is 8.16. The van der Waals surface area contributed by atoms with Gasteiger partial charge in [-0.2, -0.15) is 0 Å². The maximum Gasteiger partial charge on any atom is 0.134 e. The summed E-state index contributed by atoms with van der Waals surface area (Å²) in [6.07, 6.45) is 29.4. The van der Waals surface area contributed by atoms with Crippen LogP contribution in [0.4, 0.5) is 0 Å². The molecule has 2 nitrogen and oxygen atoms in total. The summed E-state index contributed by atoms with van der Waals surface area (Å²) < 4.78 is 12.7. The second kappa shape index (κ2) is 23.7. The van der Waals surface area contributed by atoms with Crippen molar-refractivity contribution in [3.05, 3.63) is 53.6 Å². The fourth-order valence-corrected chi connectivity index (χ4v) is 5.70. The molecule has 0 fully saturated rings. The fourth-order valence-electron chi connectivity index (χ4n) is 5.70. The maximum absolute atomic E-state index is 6.61. The molecule has 0 unspecified atom stereocenters. The molecule has 226 valence electrons. The van der Waals surface area contributed by atoms with Crippen LogP contribution >= 0.6 is 0 Å². The highest BCUT2D eigenvalue weighted by molar-refractivity contribution is 5.48. The van der Waals surface area contributed by atoms with Gasteiger partial charge in [-0.05, 0) is 56.4 Å². The summed E-state index contributed by atoms with van der Waals surface area (Å²) >= 11 is 0. The van der Waals surface area contributed by atoms with Crippen LogP contribution in [0.1, 0.15) is 160 Å². The number of hydrogen-bond acceptors (Lipinski definition) is 2. The number of ether oxygens (including phenoxy) is 2. The summed E-state index contributed by atoms with van der Waals surface area (Å²) in [5.74, 6) is 2.96. The van der Waals surface area contributed by atoms with E-state index < -0.39 is 0 Å². The van der Waals surface area contributed by atoms with E-state index in [1.54, 1.807) is 0 Å². The molecule has 40 heavy (non-hydrogen) atoms. The van der Waals surface area contributed by atoms with Crippen LogP contribution in [-0.4, -0.2) is 6.61 Å². The maximum atomic E-state index is 6.61. The van der Waals surface area contributed by atoms with E-state index in [0.29, 0.717) is 6.61 Å². The van der Waals surface area contributed by atoms with E-state index in [4.69, 9.17) is 9.47 Å². The minimum atomic E-state index is 0.684. The first kappa shape index (κ1) is 34.2. The Morgan fingerprint density at radius 3 is 1.43 bits per heavy atom. The molecule has 2 aromatic carbocycles. The second-order valence-corrected chi connectivity index (χ2v) is 11.7. The summed E-state index contributed by atoms with van der Waals surface area (Å²) in [4.78, 5) is 0. The van der Waals surface area contributed by atoms with E-state index >= 15 is 0 Å². The summed E-state index contributed by atoms with van der Waals surface area (Å²) in [7, 11) is 0. The van der Waals surface area contributed by atoms with Gasteiger partial charge >= 0.3 is 0 Å². The summed E-state index contributed by atoms with van der Waals surface area (Å²) in [5.41, 5.74) is 2.56. The number of para-hydroxylation sites is 1. The topological polar surface area (TPSA) is 18.5 Å². The van der Waals surface area contributed by atoms with E-state index in [0.717, 1.165) is 30.1 Å². The smallest absolute Gasteiger partial charge is 0.134 e. The zero-order chi connectivity index (χ0) is 28.5. The Kier molecular flexibility index (Phi) is 20.3. The molecule has 2 aromatic rings. The zero-order valence-electron chi connectivity index (χ0n) is 26.6. The first-order valence-corrected chi connectivity index (χ1v) is 17.3. The fraction of sp³-hybridized carbons (Fsp3) is 0.684. The number of rotatable bonds is 26. The van der Waals surface area contributed by atoms with Crippen LogP contribution in [0.5, 0.6) is 17.2 Å². The number of unbranched alkanes of at least 4 members (excludes halogenated alkanes) is 18. The molecule has 0 N–H and O–H groups in total. The van der Waals surface area contributed by atoms with Crippen LogP contribution in [0.3, 0.4) is 0 Å². The van der Waals surface area contributed by atoms with Crippen molar-refractivity contribution in [1.82, 2.24) is 0 Å². The normalized spacial score (nSPS) is 11.2. The molecule has 0 aliphatic carbocycles. The van der Waals surface area contributed by atoms with Crippen LogP contribution in [0, 0.1) is 0 Å². The van der Waals surface area contributed by atoms with Gasteiger partial charge in [-0.1, -0.05) is 154 Å². The van der Waals surface area contributed by atoms with Crippen molar-refractivity contribution < 1.29 is 9.47 Å². The Hall–Kier alpha value is -1.96. The van der Waals surface area contributed by atoms with Crippen molar-refractivity contribution in [3.63, 3.8) is 0 Å². The van der Waals surface area contributed by atoms with Crippen molar-refractivity contribution in [2.75, 3.05) is 6.61 Å². The van der Waals surface area contributed by atoms with Gasteiger partial charge < -0.3 is 9.47 Å². The molecule has 0 aliphatic rings. The largest absolute Gasteiger partial charge is 0.493 e. The van der Waals surface area contributed by atoms with Crippen LogP contribution < -0.4 is 9.47 Å². The van der Waals surface area contributed by atoms with Gasteiger partial charge in [0.25, 0.3) is 0 Å². The van der Waals surface area contributed by atoms with Crippen LogP contribution in [0.15, 0.2) is 42.5 Å². The first-order chi connectivity index (χ1) is 19.8. The molecule has 0 spiro atoms. The van der Waals surface area contributed by atoms with Gasteiger partial charge in [0.05, 0.1) is 6.61 Å². The molecule has 0 bridgehead atoms. The Balaban J connectivity index is 1.77. The highest BCUT2D eigenvalue weighted by atomic mass is 16.5. The summed E-state index contributed by atoms with van der Waals surface area (Å²) in [6.45, 7) is 7.33. The minimum absolute atomic E-state index is 0.684. The highest BCUT2D eigenvalue weighted by Crippen LogP contribution is 2.35. The Morgan fingerprint density at radius 2 is 0.875 bits per heavy atom. The lowest BCUT2D eigenvalue weighted by molar-refractivity contribution is 0.333. The lowest BCUT2D eigenvalue weighted by Crippen LogP contribution is -2.01. The van der Waals surface area contributed by atoms with E-state index in [9.17, 15) is 0 Å². The zero-order valence-corrected chi connectivity index (χ0v) is 26.6. The van der Waals surface area contributed by atoms with Gasteiger partial charge in [0.2, 0.25) is 0 Å². The molecule has 0 saturated carbocycles. The molecule has 0 atom stereocenters. The Labute approximate surface area is 248 Å². The Morgan fingerprint density at radius 1 is 0.425 bits per heavy atom. The molecule has 2 rings (SSSR count). The van der Waals surface area contributed by atoms with Gasteiger partial charge in [0.1, 0.15) is 17.2 Å². The Bertz CT molecular complexity index is 858. The molecule has 0 saturated heterocycles. The third kappa shape index (κ3) is 15.2. The minimum Gasteiger partial charge on any atom is -0.493 e. The highest BCUT2D eigenvalue weighted by Gasteiger charge is 2.13. The SMILES string of the molecule is CCCCCCCCCCCCCCCCc1c(OCC)cccc1Oc1ccccc1CCCCCCCC. The summed E-state index contributed by atoms with van der Waals surface area (Å²) in [6, 6.07) is 14.9. The van der Waals surface area contributed by atoms with Gasteiger partial charge in [-0.3, -0.25) is 0 Å². The average molecular weight is 551 g/mol. The van der Waals surface area contributed by atoms with E-state index in [1.807, 2.05) is 0 Å². The lowest BCUT2D eigenvalue weighted by atomic mass is 10.0. The third-order valence-corrected chi connectivity index (χ3v) is 8.16. The number of hydrogen-bond donors (Lipinski definition) is 0. The number of aryl methyl sites for hydroxylation is 1. The van der Waals surface area contributed by atoms with Gasteiger partial charge in [0, 0.05) is 5.56 Å². The van der Waals surface area contributed by atoms with Crippen LogP contribution in [0.2, 0.25) is 0 Å². The van der Waals surface area contributed by atoms with E-state index in [1.165, 1.54) is 140 Å². The molecule has 0 aliphatic heterocycles. The van der Waals surface area contributed by atoms with Crippen LogP contribution in [-0.2, 0) is 12.8 Å². The second-order valence-electron chi connectivity index (χ2n) is 11.7. The van der Waals surface area contributed by atoms with Gasteiger partial charge in [-0.15, -0.1) is 0 Å². The van der Waals surface area contributed by atoms with E-state index in [2.05, 4.69) is 63.2 Å². The van der Waals surface area contributed by atoms with Crippen molar-refractivity contribution >= 4 is 0 Å². The molecular formula is C38H62O2. The van der Waals surface area contributed by atoms with Crippen molar-refractivity contribution in [1.29, 1.82) is 0 Å². The molecule has 0 radical (unpaired) electrons. The predicted octanol–water partition coefficient (Wildman–Crippen LogP) is 12.8. The molecule has 2 heteroatoms. The standard InChI is InChI=1S/C38H62O2/c1-4-7-9-11-13-14-15-16-17-18-19-20-22-24-30-35-37(39-6-3)32-27-33-38(35)40-36-31-26-25-29-34(36)28-23-21-12-10-8-5-2/h25-27,29,31-33H,4-24,28,30H2,1-3H3. The van der Waals surface area contributed by atoms with Crippen molar-refractivity contribution in [3.8, 4) is 17.2 Å². The average Bonchev–Trinajstić information content (AvgIpc) is 2.97. The predicted molar refractivity (Wildman–Crippen MR) is 175 cm³/mol. The monoisotopic (exact) mass is 550 g/mol. The van der Waals surface area contributed by atoms with Gasteiger partial charge in [0.15, 0.2) is 0 Å². The van der Waals surface area contributed by atoms with Gasteiger partial charge in [-0.25, -0.2) is 0 Å². The van der Waals surface area contributed by atoms with Crippen molar-refractivity contribution in [2.24, 2.45) is 0 Å². The molecule has 0 aromatic heterocycles. The van der Waals surface area contributed by atoms with Crippen LogP contribution in [0.25, 0.3) is 0 Å². The lowest BCUT2D eigenvalue weighted by Gasteiger charge is -2.17. The summed E-state index contributed by atoms with van der Waals surface area (Å²) in [5, 5.41) is 0. The first-order valence-electron chi connectivity index (χ1n) is 17.3.